The summed E-state index contributed by atoms with van der Waals surface area (Å²) in [5.41, 5.74) is 0.823. The fourth-order valence-corrected chi connectivity index (χ4v) is 3.81. The lowest BCUT2D eigenvalue weighted by atomic mass is 10.2. The van der Waals surface area contributed by atoms with Crippen LogP contribution in [0.25, 0.3) is 0 Å². The van der Waals surface area contributed by atoms with E-state index in [0.717, 1.165) is 18.4 Å². The molecule has 0 aromatic rings. The van der Waals surface area contributed by atoms with Crippen molar-refractivity contribution in [3.8, 4) is 0 Å². The second kappa shape index (κ2) is 5.38. The smallest absolute Gasteiger partial charge is 0.212 e. The number of hydrogen-bond donors (Lipinski definition) is 0. The lowest BCUT2D eigenvalue weighted by Crippen LogP contribution is -2.30. The lowest BCUT2D eigenvalue weighted by Gasteiger charge is -2.15. The third kappa shape index (κ3) is 3.44. The monoisotopic (exact) mass is 273 g/mol. The molecule has 2 aliphatic rings. The van der Waals surface area contributed by atoms with Gasteiger partial charge in [-0.25, -0.2) is 12.7 Å². The summed E-state index contributed by atoms with van der Waals surface area (Å²) in [6.45, 7) is 1.33. The van der Waals surface area contributed by atoms with Crippen LogP contribution in [-0.2, 0) is 10.0 Å². The van der Waals surface area contributed by atoms with E-state index >= 15 is 0 Å². The molecular weight excluding hydrogens is 258 g/mol. The SMILES string of the molecule is O=S(=O)(CC1=CCC=C(Cl)C=C1)N1CCCC1. The first-order valence-electron chi connectivity index (χ1n) is 5.78. The summed E-state index contributed by atoms with van der Waals surface area (Å²) < 4.78 is 25.8. The van der Waals surface area contributed by atoms with Gasteiger partial charge >= 0.3 is 0 Å². The summed E-state index contributed by atoms with van der Waals surface area (Å²) in [7, 11) is -3.15. The Labute approximate surface area is 107 Å². The zero-order valence-electron chi connectivity index (χ0n) is 9.60. The van der Waals surface area contributed by atoms with E-state index in [2.05, 4.69) is 0 Å². The first-order valence-corrected chi connectivity index (χ1v) is 7.77. The Morgan fingerprint density at radius 3 is 2.59 bits per heavy atom. The summed E-state index contributed by atoms with van der Waals surface area (Å²) in [4.78, 5) is 0. The Hall–Kier alpha value is -0.580. The maximum atomic E-state index is 12.1. The number of nitrogens with zero attached hydrogens (tertiary/aromatic N) is 1. The van der Waals surface area contributed by atoms with Crippen LogP contribution in [0.3, 0.4) is 0 Å². The highest BCUT2D eigenvalue weighted by Crippen LogP contribution is 2.19. The van der Waals surface area contributed by atoms with Gasteiger partial charge in [0.05, 0.1) is 5.75 Å². The van der Waals surface area contributed by atoms with Gasteiger partial charge in [-0.05, 0) is 30.9 Å². The molecule has 94 valence electrons. The van der Waals surface area contributed by atoms with E-state index in [1.165, 1.54) is 0 Å². The molecule has 1 aliphatic carbocycles. The molecule has 0 amide bonds. The Kier molecular flexibility index (Phi) is 4.07. The van der Waals surface area contributed by atoms with E-state index in [1.807, 2.05) is 12.2 Å². The van der Waals surface area contributed by atoms with Gasteiger partial charge in [-0.15, -0.1) is 0 Å². The van der Waals surface area contributed by atoms with Gasteiger partial charge in [-0.3, -0.25) is 0 Å². The van der Waals surface area contributed by atoms with Crippen LogP contribution in [0.2, 0.25) is 0 Å². The zero-order valence-corrected chi connectivity index (χ0v) is 11.2. The Morgan fingerprint density at radius 2 is 1.88 bits per heavy atom. The number of sulfonamides is 1. The Morgan fingerprint density at radius 1 is 1.18 bits per heavy atom. The number of hydrogen-bond acceptors (Lipinski definition) is 2. The minimum atomic E-state index is -3.15. The maximum Gasteiger partial charge on any atom is 0.218 e. The largest absolute Gasteiger partial charge is 0.218 e. The molecule has 0 atom stereocenters. The van der Waals surface area contributed by atoms with Crippen LogP contribution < -0.4 is 0 Å². The fourth-order valence-electron chi connectivity index (χ4n) is 2.02. The summed E-state index contributed by atoms with van der Waals surface area (Å²) in [6, 6.07) is 0. The van der Waals surface area contributed by atoms with Crippen molar-refractivity contribution in [2.45, 2.75) is 19.3 Å². The molecule has 3 nitrogen and oxygen atoms in total. The molecule has 0 radical (unpaired) electrons. The van der Waals surface area contributed by atoms with Crippen LogP contribution in [0.15, 0.2) is 34.9 Å². The summed E-state index contributed by atoms with van der Waals surface area (Å²) in [6.07, 6.45) is 9.96. The van der Waals surface area contributed by atoms with Crippen molar-refractivity contribution in [2.75, 3.05) is 18.8 Å². The van der Waals surface area contributed by atoms with Crippen molar-refractivity contribution in [2.24, 2.45) is 0 Å². The molecular formula is C12H16ClNO2S. The van der Waals surface area contributed by atoms with Gasteiger partial charge in [0.2, 0.25) is 10.0 Å². The van der Waals surface area contributed by atoms with Gasteiger partial charge in [-0.2, -0.15) is 0 Å². The molecule has 0 aromatic carbocycles. The highest BCUT2D eigenvalue weighted by atomic mass is 35.5. The average molecular weight is 274 g/mol. The van der Waals surface area contributed by atoms with Crippen LogP contribution in [0.4, 0.5) is 0 Å². The molecule has 5 heteroatoms. The van der Waals surface area contributed by atoms with Crippen LogP contribution >= 0.6 is 11.6 Å². The predicted octanol–water partition coefficient (Wildman–Crippen LogP) is 2.42. The average Bonchev–Trinajstić information content (AvgIpc) is 2.73. The van der Waals surface area contributed by atoms with Crippen molar-refractivity contribution in [1.82, 2.24) is 4.31 Å². The van der Waals surface area contributed by atoms with E-state index in [0.29, 0.717) is 24.5 Å². The summed E-state index contributed by atoms with van der Waals surface area (Å²) in [5, 5.41) is 0.662. The van der Waals surface area contributed by atoms with Gasteiger partial charge in [0.15, 0.2) is 0 Å². The quantitative estimate of drug-likeness (QED) is 0.792. The minimum Gasteiger partial charge on any atom is -0.212 e. The van der Waals surface area contributed by atoms with Crippen molar-refractivity contribution < 1.29 is 8.42 Å². The Balaban J connectivity index is 2.06. The molecule has 0 saturated carbocycles. The van der Waals surface area contributed by atoms with Crippen molar-refractivity contribution in [3.63, 3.8) is 0 Å². The molecule has 1 saturated heterocycles. The van der Waals surface area contributed by atoms with E-state index in [4.69, 9.17) is 11.6 Å². The zero-order chi connectivity index (χ0) is 12.3. The third-order valence-electron chi connectivity index (χ3n) is 2.96. The minimum absolute atomic E-state index is 0.0848. The molecule has 0 spiro atoms. The summed E-state index contributed by atoms with van der Waals surface area (Å²) in [5.74, 6) is 0.0848. The molecule has 2 rings (SSSR count). The van der Waals surface area contributed by atoms with Crippen molar-refractivity contribution in [1.29, 1.82) is 0 Å². The number of allylic oxidation sites excluding steroid dienone is 5. The number of rotatable bonds is 3. The first-order chi connectivity index (χ1) is 8.08. The predicted molar refractivity (Wildman–Crippen MR) is 70.4 cm³/mol. The van der Waals surface area contributed by atoms with Gasteiger partial charge in [-0.1, -0.05) is 29.8 Å². The first kappa shape index (κ1) is 12.9. The molecule has 0 N–H and O–H groups in total. The maximum absolute atomic E-state index is 12.1. The summed E-state index contributed by atoms with van der Waals surface area (Å²) >= 11 is 5.87. The standard InChI is InChI=1S/C12H16ClNO2S/c13-12-5-3-4-11(6-7-12)10-17(15,16)14-8-1-2-9-14/h4-7H,1-3,8-10H2. The van der Waals surface area contributed by atoms with Gasteiger partial charge in [0.25, 0.3) is 0 Å². The molecule has 1 fully saturated rings. The lowest BCUT2D eigenvalue weighted by molar-refractivity contribution is 0.480. The molecule has 0 unspecified atom stereocenters. The van der Waals surface area contributed by atoms with Gasteiger partial charge in [0.1, 0.15) is 0 Å². The van der Waals surface area contributed by atoms with Crippen molar-refractivity contribution >= 4 is 21.6 Å². The molecule has 17 heavy (non-hydrogen) atoms. The van der Waals surface area contributed by atoms with Crippen LogP contribution in [0, 0.1) is 0 Å². The third-order valence-corrected chi connectivity index (χ3v) is 5.09. The molecule has 0 bridgehead atoms. The van der Waals surface area contributed by atoms with E-state index in [9.17, 15) is 8.42 Å². The van der Waals surface area contributed by atoms with Crippen LogP contribution in [0.5, 0.6) is 0 Å². The van der Waals surface area contributed by atoms with E-state index in [1.54, 1.807) is 16.5 Å². The van der Waals surface area contributed by atoms with E-state index in [-0.39, 0.29) is 5.75 Å². The van der Waals surface area contributed by atoms with Crippen LogP contribution in [0.1, 0.15) is 19.3 Å². The normalized spacial score (nSPS) is 22.2. The van der Waals surface area contributed by atoms with Gasteiger partial charge in [0, 0.05) is 18.1 Å². The fraction of sp³-hybridized carbons (Fsp3) is 0.500. The van der Waals surface area contributed by atoms with Gasteiger partial charge < -0.3 is 0 Å². The van der Waals surface area contributed by atoms with Crippen molar-refractivity contribution in [3.05, 3.63) is 34.9 Å². The topological polar surface area (TPSA) is 37.4 Å². The highest BCUT2D eigenvalue weighted by Gasteiger charge is 2.25. The highest BCUT2D eigenvalue weighted by molar-refractivity contribution is 7.89. The second-order valence-corrected chi connectivity index (χ2v) is 6.70. The molecule has 0 aromatic heterocycles. The second-order valence-electron chi connectivity index (χ2n) is 4.30. The molecule has 1 aliphatic heterocycles. The Bertz CT molecular complexity index is 471. The van der Waals surface area contributed by atoms with E-state index < -0.39 is 10.0 Å². The van der Waals surface area contributed by atoms with Crippen LogP contribution in [-0.4, -0.2) is 31.6 Å². The molecule has 1 heterocycles. The number of halogens is 1.